The van der Waals surface area contributed by atoms with Crippen LogP contribution in [-0.4, -0.2) is 29.7 Å². The number of rotatable bonds is 2. The van der Waals surface area contributed by atoms with E-state index >= 15 is 0 Å². The van der Waals surface area contributed by atoms with Gasteiger partial charge in [0.25, 0.3) is 0 Å². The molecular weight excluding hydrogens is 230 g/mol. The van der Waals surface area contributed by atoms with Gasteiger partial charge in [0.15, 0.2) is 0 Å². The van der Waals surface area contributed by atoms with Crippen molar-refractivity contribution in [3.05, 3.63) is 9.81 Å². The third kappa shape index (κ3) is 1.83. The van der Waals surface area contributed by atoms with Crippen LogP contribution in [0.25, 0.3) is 0 Å². The van der Waals surface area contributed by atoms with Gasteiger partial charge in [-0.25, -0.2) is 0 Å². The minimum Gasteiger partial charge on any atom is -0.352 e. The lowest BCUT2D eigenvalue weighted by atomic mass is 9.88. The highest BCUT2D eigenvalue weighted by Gasteiger charge is 2.42. The normalized spacial score (nSPS) is 30.1. The van der Waals surface area contributed by atoms with Crippen LogP contribution in [-0.2, 0) is 9.59 Å². The van der Waals surface area contributed by atoms with Crippen LogP contribution in [0.15, 0.2) is 9.81 Å². The number of Topliss-reactive ketones (excluding diaryl/α,β-unsaturated/α-hetero) is 1. The number of thioether (sulfide) groups is 2. The van der Waals surface area contributed by atoms with Gasteiger partial charge < -0.3 is 5.32 Å². The standard InChI is InChI=1S/C10H13NO2S2/c1-5(12)8-6-3-4-11-9(13)7(6)10(14-2)15-8/h6,8H,3-4H2,1-2H3,(H,11,13). The molecule has 0 aromatic rings. The first-order valence-electron chi connectivity index (χ1n) is 4.88. The third-order valence-electron chi connectivity index (χ3n) is 2.76. The van der Waals surface area contributed by atoms with E-state index in [1.165, 1.54) is 0 Å². The molecule has 3 nitrogen and oxygen atoms in total. The number of carbonyl (C=O) groups is 2. The topological polar surface area (TPSA) is 46.2 Å². The summed E-state index contributed by atoms with van der Waals surface area (Å²) in [4.78, 5) is 23.2. The molecule has 2 atom stereocenters. The first-order chi connectivity index (χ1) is 7.15. The predicted molar refractivity (Wildman–Crippen MR) is 63.7 cm³/mol. The van der Waals surface area contributed by atoms with Crippen molar-refractivity contribution in [3.63, 3.8) is 0 Å². The Morgan fingerprint density at radius 2 is 2.33 bits per heavy atom. The van der Waals surface area contributed by atoms with E-state index in [4.69, 9.17) is 0 Å². The lowest BCUT2D eigenvalue weighted by molar-refractivity contribution is -0.119. The van der Waals surface area contributed by atoms with Crippen LogP contribution in [0.1, 0.15) is 13.3 Å². The summed E-state index contributed by atoms with van der Waals surface area (Å²) >= 11 is 3.13. The van der Waals surface area contributed by atoms with Crippen molar-refractivity contribution in [3.8, 4) is 0 Å². The molecular formula is C10H13NO2S2. The summed E-state index contributed by atoms with van der Waals surface area (Å²) in [6.45, 7) is 2.31. The largest absolute Gasteiger partial charge is 0.352 e. The molecule has 1 N–H and O–H groups in total. The van der Waals surface area contributed by atoms with Gasteiger partial charge in [-0.3, -0.25) is 9.59 Å². The molecule has 0 aromatic carbocycles. The molecule has 1 saturated heterocycles. The van der Waals surface area contributed by atoms with Crippen LogP contribution < -0.4 is 5.32 Å². The Morgan fingerprint density at radius 3 is 2.93 bits per heavy atom. The summed E-state index contributed by atoms with van der Waals surface area (Å²) in [7, 11) is 0. The highest BCUT2D eigenvalue weighted by atomic mass is 32.2. The van der Waals surface area contributed by atoms with Gasteiger partial charge in [0.05, 0.1) is 5.25 Å². The second-order valence-corrected chi connectivity index (χ2v) is 5.93. The van der Waals surface area contributed by atoms with Crippen LogP contribution in [0.5, 0.6) is 0 Å². The molecule has 2 heterocycles. The van der Waals surface area contributed by atoms with E-state index in [0.717, 1.165) is 16.2 Å². The van der Waals surface area contributed by atoms with Crippen LogP contribution >= 0.6 is 23.5 Å². The minimum absolute atomic E-state index is 0.0202. The molecule has 0 aromatic heterocycles. The number of nitrogens with one attached hydrogen (secondary N) is 1. The van der Waals surface area contributed by atoms with E-state index in [0.29, 0.717) is 6.54 Å². The molecule has 0 spiro atoms. The number of ketones is 1. The number of amides is 1. The van der Waals surface area contributed by atoms with Crippen molar-refractivity contribution in [2.24, 2.45) is 5.92 Å². The Kier molecular flexibility index (Phi) is 3.11. The van der Waals surface area contributed by atoms with Gasteiger partial charge >= 0.3 is 0 Å². The zero-order valence-electron chi connectivity index (χ0n) is 8.70. The van der Waals surface area contributed by atoms with Gasteiger partial charge in [-0.1, -0.05) is 0 Å². The minimum atomic E-state index is -0.0338. The number of hydrogen-bond donors (Lipinski definition) is 1. The number of fused-ring (bicyclic) bond motifs is 1. The fraction of sp³-hybridized carbons (Fsp3) is 0.600. The summed E-state index contributed by atoms with van der Waals surface area (Å²) < 4.78 is 1.03. The Morgan fingerprint density at radius 1 is 1.60 bits per heavy atom. The molecule has 0 radical (unpaired) electrons. The van der Waals surface area contributed by atoms with Crippen molar-refractivity contribution < 1.29 is 9.59 Å². The van der Waals surface area contributed by atoms with E-state index in [2.05, 4.69) is 5.32 Å². The quantitative estimate of drug-likeness (QED) is 0.796. The van der Waals surface area contributed by atoms with Gasteiger partial charge in [-0.15, -0.1) is 23.5 Å². The molecule has 0 bridgehead atoms. The molecule has 0 saturated carbocycles. The molecule has 1 fully saturated rings. The summed E-state index contributed by atoms with van der Waals surface area (Å²) in [6.07, 6.45) is 2.85. The smallest absolute Gasteiger partial charge is 0.249 e. The average molecular weight is 243 g/mol. The predicted octanol–water partition coefficient (Wildman–Crippen LogP) is 1.40. The molecule has 5 heteroatoms. The van der Waals surface area contributed by atoms with Crippen molar-refractivity contribution in [1.82, 2.24) is 5.32 Å². The summed E-state index contributed by atoms with van der Waals surface area (Å²) in [5.74, 6) is 0.344. The Labute approximate surface area is 97.4 Å². The zero-order valence-corrected chi connectivity index (χ0v) is 10.3. The van der Waals surface area contributed by atoms with Crippen molar-refractivity contribution in [1.29, 1.82) is 0 Å². The highest BCUT2D eigenvalue weighted by molar-refractivity contribution is 8.22. The SMILES string of the molecule is CSC1=C2C(=O)NCCC2C(C(C)=O)S1. The second-order valence-electron chi connectivity index (χ2n) is 3.71. The molecule has 82 valence electrons. The molecule has 2 aliphatic rings. The van der Waals surface area contributed by atoms with Gasteiger partial charge in [-0.05, 0) is 19.6 Å². The first kappa shape index (κ1) is 11.1. The third-order valence-corrected chi connectivity index (χ3v) is 5.49. The molecule has 1 amide bonds. The van der Waals surface area contributed by atoms with E-state index in [9.17, 15) is 9.59 Å². The van der Waals surface area contributed by atoms with E-state index in [1.54, 1.807) is 30.4 Å². The second kappa shape index (κ2) is 4.22. The van der Waals surface area contributed by atoms with Crippen LogP contribution in [0, 0.1) is 5.92 Å². The van der Waals surface area contributed by atoms with Crippen molar-refractivity contribution in [2.45, 2.75) is 18.6 Å². The summed E-state index contributed by atoms with van der Waals surface area (Å²) in [5.41, 5.74) is 0.846. The van der Waals surface area contributed by atoms with Crippen molar-refractivity contribution in [2.75, 3.05) is 12.8 Å². The maximum absolute atomic E-state index is 11.7. The van der Waals surface area contributed by atoms with Gasteiger partial charge in [0, 0.05) is 22.3 Å². The van der Waals surface area contributed by atoms with Crippen molar-refractivity contribution >= 4 is 35.2 Å². The maximum atomic E-state index is 11.7. The van der Waals surface area contributed by atoms with Gasteiger partial charge in [0.1, 0.15) is 5.78 Å². The Bertz CT molecular complexity index is 351. The summed E-state index contributed by atoms with van der Waals surface area (Å²) in [5, 5.41) is 2.81. The van der Waals surface area contributed by atoms with E-state index in [1.807, 2.05) is 6.26 Å². The lowest BCUT2D eigenvalue weighted by Gasteiger charge is -2.24. The average Bonchev–Trinajstić information content (AvgIpc) is 2.58. The summed E-state index contributed by atoms with van der Waals surface area (Å²) in [6, 6.07) is 0. The monoisotopic (exact) mass is 243 g/mol. The van der Waals surface area contributed by atoms with Crippen LogP contribution in [0.3, 0.4) is 0 Å². The molecule has 2 unspecified atom stereocenters. The molecule has 0 aliphatic carbocycles. The number of piperidine rings is 1. The Balaban J connectivity index is 2.33. The first-order valence-corrected chi connectivity index (χ1v) is 6.99. The zero-order chi connectivity index (χ0) is 11.0. The number of hydrogen-bond acceptors (Lipinski definition) is 4. The van der Waals surface area contributed by atoms with Gasteiger partial charge in [-0.2, -0.15) is 0 Å². The maximum Gasteiger partial charge on any atom is 0.249 e. The molecule has 2 aliphatic heterocycles. The molecule has 15 heavy (non-hydrogen) atoms. The highest BCUT2D eigenvalue weighted by Crippen LogP contribution is 2.49. The van der Waals surface area contributed by atoms with Crippen LogP contribution in [0.4, 0.5) is 0 Å². The Hall–Kier alpha value is -0.420. The van der Waals surface area contributed by atoms with E-state index < -0.39 is 0 Å². The fourth-order valence-corrected chi connectivity index (χ4v) is 4.45. The van der Waals surface area contributed by atoms with E-state index in [-0.39, 0.29) is 22.9 Å². The molecule has 2 rings (SSSR count). The van der Waals surface area contributed by atoms with Crippen LogP contribution in [0.2, 0.25) is 0 Å². The fourth-order valence-electron chi connectivity index (χ4n) is 2.08. The lowest BCUT2D eigenvalue weighted by Crippen LogP contribution is -2.39. The van der Waals surface area contributed by atoms with Gasteiger partial charge in [0.2, 0.25) is 5.91 Å². The number of carbonyl (C=O) groups excluding carboxylic acids is 2.